The average Bonchev–Trinajstić information content (AvgIpc) is 3.22. The number of aromatic nitrogens is 2. The number of amides is 3. The van der Waals surface area contributed by atoms with E-state index in [-0.39, 0.29) is 31.5 Å². The zero-order valence-corrected chi connectivity index (χ0v) is 16.9. The minimum absolute atomic E-state index is 0.0121. The molecular formula is C19H20F3N5O2S. The zero-order valence-electron chi connectivity index (χ0n) is 16.1. The number of nitrogens with two attached hydrogens (primary N) is 2. The summed E-state index contributed by atoms with van der Waals surface area (Å²) in [6.45, 7) is 1.98. The summed E-state index contributed by atoms with van der Waals surface area (Å²) in [5, 5.41) is 0.314. The van der Waals surface area contributed by atoms with Gasteiger partial charge in [-0.1, -0.05) is 0 Å². The molecule has 4 rings (SSSR count). The lowest BCUT2D eigenvalue weighted by atomic mass is 9.96. The lowest BCUT2D eigenvalue weighted by molar-refractivity contribution is -0.161. The van der Waals surface area contributed by atoms with Gasteiger partial charge in [-0.3, -0.25) is 9.78 Å². The molecule has 1 saturated carbocycles. The van der Waals surface area contributed by atoms with E-state index in [0.29, 0.717) is 27.6 Å². The van der Waals surface area contributed by atoms with E-state index in [0.717, 1.165) is 11.3 Å². The average molecular weight is 439 g/mol. The highest BCUT2D eigenvalue weighted by Crippen LogP contribution is 2.58. The molecule has 1 aliphatic carbocycles. The van der Waals surface area contributed by atoms with Gasteiger partial charge < -0.3 is 16.4 Å². The Morgan fingerprint density at radius 3 is 2.50 bits per heavy atom. The van der Waals surface area contributed by atoms with Crippen molar-refractivity contribution in [3.05, 3.63) is 34.7 Å². The van der Waals surface area contributed by atoms with Crippen molar-refractivity contribution < 1.29 is 22.8 Å². The quantitative estimate of drug-likeness (QED) is 0.762. The zero-order chi connectivity index (χ0) is 21.9. The van der Waals surface area contributed by atoms with Crippen LogP contribution in [0.1, 0.15) is 42.1 Å². The van der Waals surface area contributed by atoms with Gasteiger partial charge in [-0.15, -0.1) is 11.3 Å². The summed E-state index contributed by atoms with van der Waals surface area (Å²) in [6.07, 6.45) is -2.17. The van der Waals surface area contributed by atoms with E-state index in [1.807, 2.05) is 0 Å². The molecular weight excluding hydrogens is 419 g/mol. The summed E-state index contributed by atoms with van der Waals surface area (Å²) in [6, 6.07) is 2.27. The molecule has 1 saturated heterocycles. The molecule has 30 heavy (non-hydrogen) atoms. The molecule has 1 unspecified atom stereocenters. The molecule has 3 heterocycles. The van der Waals surface area contributed by atoms with E-state index in [1.54, 1.807) is 13.0 Å². The first kappa shape index (κ1) is 20.6. The molecule has 4 N–H and O–H groups in total. The Hall–Kier alpha value is -2.69. The number of alkyl halides is 3. The van der Waals surface area contributed by atoms with Crippen molar-refractivity contribution in [1.82, 2.24) is 14.9 Å². The molecule has 0 spiro atoms. The van der Waals surface area contributed by atoms with Gasteiger partial charge in [0, 0.05) is 12.7 Å². The third kappa shape index (κ3) is 2.86. The number of hydrogen-bond donors (Lipinski definition) is 2. The molecule has 1 aliphatic heterocycles. The highest BCUT2D eigenvalue weighted by atomic mass is 32.1. The largest absolute Gasteiger partial charge is 0.399 e. The molecule has 1 atom stereocenters. The minimum atomic E-state index is -4.37. The first-order chi connectivity index (χ1) is 14.0. The van der Waals surface area contributed by atoms with Crippen LogP contribution >= 0.6 is 11.3 Å². The van der Waals surface area contributed by atoms with Crippen molar-refractivity contribution in [2.75, 3.05) is 6.54 Å². The van der Waals surface area contributed by atoms with Crippen molar-refractivity contribution in [1.29, 1.82) is 0 Å². The molecule has 0 aromatic carbocycles. The van der Waals surface area contributed by atoms with Crippen molar-refractivity contribution in [3.8, 4) is 10.4 Å². The van der Waals surface area contributed by atoms with Gasteiger partial charge >= 0.3 is 12.2 Å². The van der Waals surface area contributed by atoms with Crippen LogP contribution in [-0.2, 0) is 15.7 Å². The Morgan fingerprint density at radius 2 is 1.93 bits per heavy atom. The van der Waals surface area contributed by atoms with E-state index in [4.69, 9.17) is 11.5 Å². The first-order valence-electron chi connectivity index (χ1n) is 9.41. The van der Waals surface area contributed by atoms with Gasteiger partial charge in [-0.05, 0) is 50.3 Å². The Kier molecular flexibility index (Phi) is 4.57. The molecule has 2 aromatic heterocycles. The van der Waals surface area contributed by atoms with Crippen molar-refractivity contribution in [2.45, 2.75) is 49.7 Å². The Bertz CT molecular complexity index is 1030. The number of hydrogen-bond acceptors (Lipinski definition) is 5. The van der Waals surface area contributed by atoms with E-state index in [1.165, 1.54) is 17.2 Å². The highest BCUT2D eigenvalue weighted by molar-refractivity contribution is 7.15. The van der Waals surface area contributed by atoms with Crippen molar-refractivity contribution in [2.24, 2.45) is 11.5 Å². The maximum absolute atomic E-state index is 13.5. The number of urea groups is 1. The number of carbonyl (C=O) groups excluding carboxylic acids is 2. The van der Waals surface area contributed by atoms with E-state index in [9.17, 15) is 22.8 Å². The van der Waals surface area contributed by atoms with Crippen LogP contribution in [0.3, 0.4) is 0 Å². The van der Waals surface area contributed by atoms with Crippen LogP contribution in [0, 0.1) is 6.92 Å². The lowest BCUT2D eigenvalue weighted by Crippen LogP contribution is -2.55. The Morgan fingerprint density at radius 1 is 1.23 bits per heavy atom. The highest BCUT2D eigenvalue weighted by Gasteiger charge is 2.65. The van der Waals surface area contributed by atoms with Gasteiger partial charge in [0.05, 0.1) is 16.3 Å². The molecule has 3 amide bonds. The molecule has 0 radical (unpaired) electrons. The maximum atomic E-state index is 13.5. The topological polar surface area (TPSA) is 115 Å². The third-order valence-electron chi connectivity index (χ3n) is 6.01. The number of nitrogens with zero attached hydrogens (tertiary/aromatic N) is 3. The van der Waals surface area contributed by atoms with Crippen LogP contribution in [0.5, 0.6) is 0 Å². The summed E-state index contributed by atoms with van der Waals surface area (Å²) < 4.78 is 40.5. The van der Waals surface area contributed by atoms with Crippen LogP contribution in [0.2, 0.25) is 0 Å². The molecule has 2 aliphatic rings. The van der Waals surface area contributed by atoms with Gasteiger partial charge in [0.15, 0.2) is 5.54 Å². The second-order valence-corrected chi connectivity index (χ2v) is 8.76. The van der Waals surface area contributed by atoms with Gasteiger partial charge in [-0.25, -0.2) is 9.78 Å². The summed E-state index contributed by atoms with van der Waals surface area (Å²) in [7, 11) is 0. The van der Waals surface area contributed by atoms with E-state index < -0.39 is 29.1 Å². The normalized spacial score (nSPS) is 22.9. The fourth-order valence-electron chi connectivity index (χ4n) is 4.19. The number of primary amides is 2. The van der Waals surface area contributed by atoms with Gasteiger partial charge in [-0.2, -0.15) is 13.2 Å². The van der Waals surface area contributed by atoms with Crippen LogP contribution in [0.25, 0.3) is 10.4 Å². The lowest BCUT2D eigenvalue weighted by Gasteiger charge is -2.32. The Labute approximate surface area is 174 Å². The van der Waals surface area contributed by atoms with Gasteiger partial charge in [0.2, 0.25) is 0 Å². The fraction of sp³-hybridized carbons (Fsp3) is 0.474. The third-order valence-corrected chi connectivity index (χ3v) is 7.37. The van der Waals surface area contributed by atoms with Crippen LogP contribution in [0.15, 0.2) is 18.3 Å². The maximum Gasteiger partial charge on any atom is 0.399 e. The number of carbonyl (C=O) groups is 2. The summed E-state index contributed by atoms with van der Waals surface area (Å²) >= 11 is 1.14. The second kappa shape index (κ2) is 6.66. The number of likely N-dealkylation sites (tertiary alicyclic amines) is 1. The summed E-state index contributed by atoms with van der Waals surface area (Å²) in [5.41, 5.74) is 8.83. The smallest absolute Gasteiger partial charge is 0.367 e. The van der Waals surface area contributed by atoms with Gasteiger partial charge in [0.1, 0.15) is 10.4 Å². The first-order valence-corrected chi connectivity index (χ1v) is 10.2. The van der Waals surface area contributed by atoms with Crippen molar-refractivity contribution >= 4 is 23.3 Å². The van der Waals surface area contributed by atoms with Crippen LogP contribution in [0.4, 0.5) is 18.0 Å². The standard InChI is InChI=1S/C19H20F3N5O2S/c1-10-13(11-3-7-25-12(9-11)17(5-6-17)19(20,21)22)30-15(26-10)18(14(23)28)4-2-8-27(18)16(24)29/h3,7,9H,2,4-6,8H2,1H3,(H2,23,28)(H2,24,29). The predicted octanol–water partition coefficient (Wildman–Crippen LogP) is 2.96. The number of pyridine rings is 1. The monoisotopic (exact) mass is 439 g/mol. The number of halogens is 3. The molecule has 2 aromatic rings. The SMILES string of the molecule is Cc1nc(C2(C(N)=O)CCCN2C(N)=O)sc1-c1ccnc(C2(C(F)(F)F)CC2)c1. The number of aryl methyl sites for hydroxylation is 1. The van der Waals surface area contributed by atoms with Gasteiger partial charge in [0.25, 0.3) is 5.91 Å². The molecule has 7 nitrogen and oxygen atoms in total. The van der Waals surface area contributed by atoms with Crippen molar-refractivity contribution in [3.63, 3.8) is 0 Å². The Balaban J connectivity index is 1.78. The second-order valence-electron chi connectivity index (χ2n) is 7.76. The molecule has 2 fully saturated rings. The number of thiazole rings is 1. The van der Waals surface area contributed by atoms with Crippen LogP contribution in [-0.4, -0.2) is 39.5 Å². The summed E-state index contributed by atoms with van der Waals surface area (Å²) in [4.78, 5) is 34.6. The molecule has 11 heteroatoms. The minimum Gasteiger partial charge on any atom is -0.367 e. The van der Waals surface area contributed by atoms with E-state index in [2.05, 4.69) is 9.97 Å². The fourth-order valence-corrected chi connectivity index (χ4v) is 5.48. The molecule has 0 bridgehead atoms. The molecule has 160 valence electrons. The van der Waals surface area contributed by atoms with Crippen LogP contribution < -0.4 is 11.5 Å². The number of rotatable bonds is 4. The summed E-state index contributed by atoms with van der Waals surface area (Å²) in [5.74, 6) is -0.733. The van der Waals surface area contributed by atoms with E-state index >= 15 is 0 Å². The predicted molar refractivity (Wildman–Crippen MR) is 103 cm³/mol.